The summed E-state index contributed by atoms with van der Waals surface area (Å²) in [4.78, 5) is 36.4. The van der Waals surface area contributed by atoms with Crippen molar-refractivity contribution in [1.29, 1.82) is 0 Å². The molecule has 13 heteroatoms. The number of pyridine rings is 1. The summed E-state index contributed by atoms with van der Waals surface area (Å²) >= 11 is 0. The van der Waals surface area contributed by atoms with E-state index < -0.39 is 0 Å². The average Bonchev–Trinajstić information content (AvgIpc) is 1.55. The van der Waals surface area contributed by atoms with Crippen LogP contribution < -0.4 is 0 Å². The summed E-state index contributed by atoms with van der Waals surface area (Å²) in [6, 6.07) is 155. The molecule has 28 rings (SSSR count). The van der Waals surface area contributed by atoms with Crippen molar-refractivity contribution < 1.29 is 0 Å². The lowest BCUT2D eigenvalue weighted by Crippen LogP contribution is -2.04. The number of aromatic nitrogens is 13. The van der Waals surface area contributed by atoms with Crippen LogP contribution in [0.15, 0.2) is 468 Å². The summed E-state index contributed by atoms with van der Waals surface area (Å²) in [5.41, 5.74) is 26.4. The molecule has 10 heterocycles. The minimum atomic E-state index is 0.622. The fraction of sp³-hybridized carbons (Fsp3) is 0. The van der Waals surface area contributed by atoms with Gasteiger partial charge in [0.1, 0.15) is 5.69 Å². The molecule has 0 spiro atoms. The first-order valence-corrected chi connectivity index (χ1v) is 45.1. The van der Waals surface area contributed by atoms with Gasteiger partial charge in [0.2, 0.25) is 17.8 Å². The summed E-state index contributed by atoms with van der Waals surface area (Å²) in [6.07, 6.45) is 8.40. The number of hydrogen-bond donors (Lipinski definition) is 0. The largest absolute Gasteiger partial charge is 0.317 e. The van der Waals surface area contributed by atoms with Gasteiger partial charge in [0.15, 0.2) is 0 Å². The normalized spacial score (nSPS) is 11.7. The third kappa shape index (κ3) is 13.0. The molecular formula is C121H77N13. The Labute approximate surface area is 768 Å². The molecule has 0 saturated heterocycles. The monoisotopic (exact) mass is 1710 g/mol. The topological polar surface area (TPSA) is 120 Å². The first-order valence-electron chi connectivity index (χ1n) is 45.1. The van der Waals surface area contributed by atoms with Crippen LogP contribution in [-0.4, -0.2) is 62.3 Å². The van der Waals surface area contributed by atoms with E-state index in [1.165, 1.54) is 70.5 Å². The van der Waals surface area contributed by atoms with Crippen LogP contribution in [0.1, 0.15) is 0 Å². The molecule has 626 valence electrons. The zero-order chi connectivity index (χ0) is 88.3. The lowest BCUT2D eigenvalue weighted by atomic mass is 9.99. The van der Waals surface area contributed by atoms with Gasteiger partial charge in [-0.3, -0.25) is 18.7 Å². The van der Waals surface area contributed by atoms with Crippen LogP contribution in [0, 0.1) is 0 Å². The van der Waals surface area contributed by atoms with Gasteiger partial charge in [0, 0.05) is 123 Å². The van der Waals surface area contributed by atoms with Crippen LogP contribution in [-0.2, 0) is 0 Å². The number of fused-ring (bicyclic) bond motifs is 17. The molecule has 0 aliphatic carbocycles. The minimum Gasteiger partial charge on any atom is -0.317 e. The molecular weight excluding hydrogens is 1640 g/mol. The number of benzene rings is 18. The highest BCUT2D eigenvalue weighted by atomic mass is 15.2. The van der Waals surface area contributed by atoms with E-state index in [1.807, 2.05) is 42.6 Å². The molecule has 0 amide bonds. The summed E-state index contributed by atoms with van der Waals surface area (Å²) < 4.78 is 13.4. The fourth-order valence-corrected chi connectivity index (χ4v) is 20.1. The fourth-order valence-electron chi connectivity index (χ4n) is 20.1. The van der Waals surface area contributed by atoms with Crippen LogP contribution in [0.4, 0.5) is 0 Å². The highest BCUT2D eigenvalue weighted by Crippen LogP contribution is 2.44. The van der Waals surface area contributed by atoms with E-state index in [-0.39, 0.29) is 0 Å². The summed E-state index contributed by atoms with van der Waals surface area (Å²) in [5.74, 6) is 1.96. The first kappa shape index (κ1) is 76.9. The SMILES string of the molecule is c1ccc(-c2cccc(-c3nc(-n4c5ccccc5c5cc6c(ccn6-c6ccccc6)cc54)nc4ccccc34)c2)cc1.c1ccc(-n2ccc3cc4c(cc32)c2ccccc2n4-c2nc(-c3ccc(-c4cccc5ccccc45)cn3)c3ccccc3n2)cc1.c1ccc(-n2ccc3cc4c(cc32)c2ccccc2n4-c2nc(-c3cccc4ccccc34)c3ccccc3n2)cc1. The summed E-state index contributed by atoms with van der Waals surface area (Å²) in [7, 11) is 0. The molecule has 0 bridgehead atoms. The number of para-hydroxylation sites is 9. The highest BCUT2D eigenvalue weighted by molar-refractivity contribution is 6.17. The van der Waals surface area contributed by atoms with Crippen molar-refractivity contribution in [2.45, 2.75) is 0 Å². The van der Waals surface area contributed by atoms with E-state index in [0.29, 0.717) is 17.8 Å². The zero-order valence-electron chi connectivity index (χ0n) is 72.3. The van der Waals surface area contributed by atoms with E-state index in [0.717, 1.165) is 155 Å². The molecule has 0 radical (unpaired) electrons. The van der Waals surface area contributed by atoms with Gasteiger partial charge in [-0.05, 0) is 178 Å². The molecule has 134 heavy (non-hydrogen) atoms. The Balaban J connectivity index is 0.000000105. The van der Waals surface area contributed by atoms with E-state index in [1.54, 1.807) is 0 Å². The lowest BCUT2D eigenvalue weighted by molar-refractivity contribution is 1.01. The van der Waals surface area contributed by atoms with Crippen molar-refractivity contribution in [3.63, 3.8) is 0 Å². The second-order valence-corrected chi connectivity index (χ2v) is 34.0. The predicted molar refractivity (Wildman–Crippen MR) is 552 cm³/mol. The Bertz CT molecular complexity index is 9510. The highest BCUT2D eigenvalue weighted by Gasteiger charge is 2.25. The molecule has 13 nitrogen and oxygen atoms in total. The quantitative estimate of drug-likeness (QED) is 0.126. The van der Waals surface area contributed by atoms with Gasteiger partial charge in [-0.15, -0.1) is 0 Å². The van der Waals surface area contributed by atoms with Crippen molar-refractivity contribution >= 4 is 152 Å². The molecule has 28 aromatic rings. The molecule has 0 aliphatic heterocycles. The van der Waals surface area contributed by atoms with E-state index >= 15 is 0 Å². The average molecular weight is 1710 g/mol. The smallest absolute Gasteiger partial charge is 0.235 e. The van der Waals surface area contributed by atoms with Gasteiger partial charge in [0.25, 0.3) is 0 Å². The van der Waals surface area contributed by atoms with Crippen LogP contribution >= 0.6 is 0 Å². The van der Waals surface area contributed by atoms with E-state index in [4.69, 9.17) is 34.9 Å². The molecule has 0 saturated carbocycles. The molecule has 10 aromatic heterocycles. The molecule has 0 fully saturated rings. The third-order valence-electron chi connectivity index (χ3n) is 26.3. The molecule has 0 N–H and O–H groups in total. The summed E-state index contributed by atoms with van der Waals surface area (Å²) in [6.45, 7) is 0. The molecule has 18 aromatic carbocycles. The Morgan fingerprint density at radius 1 is 0.172 bits per heavy atom. The van der Waals surface area contributed by atoms with Gasteiger partial charge in [-0.1, -0.05) is 303 Å². The maximum absolute atomic E-state index is 5.34. The second kappa shape index (κ2) is 31.9. The number of nitrogens with zero attached hydrogens (tertiary/aromatic N) is 13. The molecule has 0 aliphatic rings. The third-order valence-corrected chi connectivity index (χ3v) is 26.3. The standard InChI is InChI=1S/C43H27N5.C40H26N4.C38H24N4/c1-2-13-31(14-3-1)47-24-23-29-25-41-36(26-40(29)47)34-16-7-9-20-39(34)48(41)43-45-37-19-8-6-17-35(37)42(46-43)38-22-21-30(27-44-38)33-18-10-12-28-11-4-5-15-32(28)33;1-3-12-27(13-4-1)28-14-11-15-30(24-28)39-33-19-7-9-20-35(33)41-40(42-39)44-36-21-10-8-18-32(36)34-26-37-29(25-38(34)44)22-23-43(37)31-16-5-2-6-17-31;1-2-13-27(14-3-1)41-22-21-26-23-36-32(24-35(26)41)29-16-7-9-20-34(29)42(36)38-39-33-19-8-6-17-31(33)37(40-38)30-18-10-12-25-11-4-5-15-28(25)30/h1-27H;1-26H;1-24H. The van der Waals surface area contributed by atoms with Crippen LogP contribution in [0.25, 0.3) is 243 Å². The zero-order valence-corrected chi connectivity index (χ0v) is 72.3. The van der Waals surface area contributed by atoms with Crippen molar-refractivity contribution in [3.05, 3.63) is 468 Å². The second-order valence-electron chi connectivity index (χ2n) is 34.0. The Morgan fingerprint density at radius 2 is 0.507 bits per heavy atom. The number of rotatable bonds is 11. The van der Waals surface area contributed by atoms with Gasteiger partial charge >= 0.3 is 0 Å². The summed E-state index contributed by atoms with van der Waals surface area (Å²) in [5, 5.41) is 18.4. The van der Waals surface area contributed by atoms with Gasteiger partial charge in [0.05, 0.1) is 83.3 Å². The Hall–Kier alpha value is -18.3. The van der Waals surface area contributed by atoms with Crippen LogP contribution in [0.3, 0.4) is 0 Å². The first-order chi connectivity index (χ1) is 66.4. The maximum atomic E-state index is 5.34. The van der Waals surface area contributed by atoms with Gasteiger partial charge < -0.3 is 13.7 Å². The number of hydrogen-bond acceptors (Lipinski definition) is 7. The van der Waals surface area contributed by atoms with Crippen molar-refractivity contribution in [1.82, 2.24) is 62.3 Å². The van der Waals surface area contributed by atoms with Crippen molar-refractivity contribution in [2.75, 3.05) is 0 Å². The molecule has 0 unspecified atom stereocenters. The van der Waals surface area contributed by atoms with Crippen LogP contribution in [0.5, 0.6) is 0 Å². The van der Waals surface area contributed by atoms with E-state index in [2.05, 4.69) is 452 Å². The van der Waals surface area contributed by atoms with Gasteiger partial charge in [-0.2, -0.15) is 0 Å². The van der Waals surface area contributed by atoms with Gasteiger partial charge in [-0.25, -0.2) is 29.9 Å². The Morgan fingerprint density at radius 3 is 0.955 bits per heavy atom. The predicted octanol–water partition coefficient (Wildman–Crippen LogP) is 30.0. The minimum absolute atomic E-state index is 0.622. The van der Waals surface area contributed by atoms with Crippen LogP contribution in [0.2, 0.25) is 0 Å². The lowest BCUT2D eigenvalue weighted by Gasteiger charge is -2.13. The van der Waals surface area contributed by atoms with E-state index in [9.17, 15) is 0 Å². The maximum Gasteiger partial charge on any atom is 0.235 e. The Kier molecular flexibility index (Phi) is 18.3. The van der Waals surface area contributed by atoms with Crippen molar-refractivity contribution in [2.24, 2.45) is 0 Å². The van der Waals surface area contributed by atoms with Crippen molar-refractivity contribution in [3.8, 4) is 91.1 Å². The molecule has 0 atom stereocenters.